The van der Waals surface area contributed by atoms with Gasteiger partial charge in [-0.05, 0) is 12.0 Å². The molecule has 0 heterocycles. The molecule has 1 aromatic carbocycles. The Bertz CT molecular complexity index is 548. The van der Waals surface area contributed by atoms with Crippen molar-refractivity contribution in [3.63, 3.8) is 0 Å². The first-order valence-corrected chi connectivity index (χ1v) is 6.73. The average molecular weight is 268 g/mol. The Morgan fingerprint density at radius 2 is 2.00 bits per heavy atom. The summed E-state index contributed by atoms with van der Waals surface area (Å²) in [5, 5.41) is 17.3. The van der Waals surface area contributed by atoms with Crippen molar-refractivity contribution in [1.82, 2.24) is 4.72 Å². The van der Waals surface area contributed by atoms with Gasteiger partial charge in [0.05, 0.1) is 6.07 Å². The molecule has 0 radical (unpaired) electrons. The monoisotopic (exact) mass is 268 g/mol. The number of carboxylic acids is 1. The first kappa shape index (κ1) is 14.2. The molecule has 0 aliphatic carbocycles. The van der Waals surface area contributed by atoms with Crippen molar-refractivity contribution >= 4 is 16.0 Å². The fourth-order valence-electron chi connectivity index (χ4n) is 1.37. The molecular formula is C11H12N2O4S. The van der Waals surface area contributed by atoms with Gasteiger partial charge in [-0.3, -0.25) is 4.79 Å². The first-order valence-electron chi connectivity index (χ1n) is 5.08. The summed E-state index contributed by atoms with van der Waals surface area (Å²) in [5.41, 5.74) is 0.699. The molecule has 0 amide bonds. The number of hydrogen-bond acceptors (Lipinski definition) is 4. The van der Waals surface area contributed by atoms with E-state index in [9.17, 15) is 13.2 Å². The molecule has 96 valence electrons. The Labute approximate surface area is 105 Å². The van der Waals surface area contributed by atoms with Crippen LogP contribution in [0.1, 0.15) is 5.56 Å². The van der Waals surface area contributed by atoms with Crippen LogP contribution in [0.3, 0.4) is 0 Å². The molecule has 2 N–H and O–H groups in total. The lowest BCUT2D eigenvalue weighted by molar-refractivity contribution is -0.138. The number of carboxylic acid groups (broad SMARTS) is 1. The van der Waals surface area contributed by atoms with E-state index in [1.807, 2.05) is 4.72 Å². The molecule has 0 aliphatic rings. The highest BCUT2D eigenvalue weighted by Gasteiger charge is 2.23. The number of aliphatic carboxylic acids is 1. The maximum atomic E-state index is 11.3. The second-order valence-corrected chi connectivity index (χ2v) is 5.37. The molecular weight excluding hydrogens is 256 g/mol. The largest absolute Gasteiger partial charge is 0.480 e. The lowest BCUT2D eigenvalue weighted by Gasteiger charge is -2.13. The van der Waals surface area contributed by atoms with Crippen LogP contribution in [0.25, 0.3) is 0 Å². The number of carbonyl (C=O) groups is 1. The van der Waals surface area contributed by atoms with Gasteiger partial charge in [-0.25, -0.2) is 8.42 Å². The average Bonchev–Trinajstić information content (AvgIpc) is 2.29. The van der Waals surface area contributed by atoms with Gasteiger partial charge in [0, 0.05) is 0 Å². The van der Waals surface area contributed by atoms with Gasteiger partial charge in [0.1, 0.15) is 6.04 Å². The highest BCUT2D eigenvalue weighted by atomic mass is 32.2. The van der Waals surface area contributed by atoms with Crippen molar-refractivity contribution < 1.29 is 18.3 Å². The maximum Gasteiger partial charge on any atom is 0.322 e. The quantitative estimate of drug-likeness (QED) is 0.762. The van der Waals surface area contributed by atoms with Crippen molar-refractivity contribution in [3.8, 4) is 6.07 Å². The van der Waals surface area contributed by atoms with E-state index in [4.69, 9.17) is 10.4 Å². The molecule has 18 heavy (non-hydrogen) atoms. The summed E-state index contributed by atoms with van der Waals surface area (Å²) in [7, 11) is -3.89. The summed E-state index contributed by atoms with van der Waals surface area (Å²) in [4.78, 5) is 11.0. The Morgan fingerprint density at radius 3 is 2.50 bits per heavy atom. The zero-order chi connectivity index (χ0) is 13.6. The van der Waals surface area contributed by atoms with Gasteiger partial charge in [-0.2, -0.15) is 9.98 Å². The maximum absolute atomic E-state index is 11.3. The van der Waals surface area contributed by atoms with E-state index < -0.39 is 27.8 Å². The number of nitrogens with one attached hydrogen (secondary N) is 1. The van der Waals surface area contributed by atoms with Gasteiger partial charge in [0.15, 0.2) is 5.75 Å². The first-order chi connectivity index (χ1) is 8.44. The molecule has 0 saturated heterocycles. The van der Waals surface area contributed by atoms with Crippen LogP contribution >= 0.6 is 0 Å². The Morgan fingerprint density at radius 1 is 1.39 bits per heavy atom. The highest BCUT2D eigenvalue weighted by molar-refractivity contribution is 7.89. The van der Waals surface area contributed by atoms with Crippen LogP contribution in [0, 0.1) is 11.3 Å². The third-order valence-electron chi connectivity index (χ3n) is 2.16. The van der Waals surface area contributed by atoms with Crippen LogP contribution in [0.5, 0.6) is 0 Å². The van der Waals surface area contributed by atoms with Crippen molar-refractivity contribution in [2.24, 2.45) is 0 Å². The Hall–Kier alpha value is -1.91. The predicted octanol–water partition coefficient (Wildman–Crippen LogP) is 0.125. The summed E-state index contributed by atoms with van der Waals surface area (Å²) < 4.78 is 24.7. The predicted molar refractivity (Wildman–Crippen MR) is 64.1 cm³/mol. The molecule has 1 atom stereocenters. The number of sulfonamides is 1. The SMILES string of the molecule is N#CCS(=O)(=O)NC(Cc1ccccc1)C(=O)O. The molecule has 7 heteroatoms. The van der Waals surface area contributed by atoms with E-state index >= 15 is 0 Å². The van der Waals surface area contributed by atoms with Gasteiger partial charge in [0.2, 0.25) is 10.0 Å². The third-order valence-corrected chi connectivity index (χ3v) is 3.31. The molecule has 0 aromatic heterocycles. The molecule has 0 spiro atoms. The lowest BCUT2D eigenvalue weighted by Crippen LogP contribution is -2.43. The number of nitrogens with zero attached hydrogens (tertiary/aromatic N) is 1. The van der Waals surface area contributed by atoms with Crippen LogP contribution < -0.4 is 4.72 Å². The van der Waals surface area contributed by atoms with Crippen LogP contribution in [-0.4, -0.2) is 31.3 Å². The normalized spacial score (nSPS) is 12.6. The van der Waals surface area contributed by atoms with Gasteiger partial charge < -0.3 is 5.11 Å². The van der Waals surface area contributed by atoms with Gasteiger partial charge in [-0.1, -0.05) is 30.3 Å². The van der Waals surface area contributed by atoms with E-state index in [2.05, 4.69) is 0 Å². The van der Waals surface area contributed by atoms with Crippen molar-refractivity contribution in [2.75, 3.05) is 5.75 Å². The van der Waals surface area contributed by atoms with E-state index in [1.165, 1.54) is 6.07 Å². The number of rotatable bonds is 6. The number of benzene rings is 1. The molecule has 1 unspecified atom stereocenters. The summed E-state index contributed by atoms with van der Waals surface area (Å²) in [6.07, 6.45) is 0.0286. The molecule has 6 nitrogen and oxygen atoms in total. The van der Waals surface area contributed by atoms with Crippen molar-refractivity contribution in [3.05, 3.63) is 35.9 Å². The lowest BCUT2D eigenvalue weighted by atomic mass is 10.1. The van der Waals surface area contributed by atoms with Gasteiger partial charge >= 0.3 is 5.97 Å². The van der Waals surface area contributed by atoms with Crippen LogP contribution in [0.15, 0.2) is 30.3 Å². The van der Waals surface area contributed by atoms with Crippen molar-refractivity contribution in [2.45, 2.75) is 12.5 Å². The molecule has 0 aliphatic heterocycles. The minimum Gasteiger partial charge on any atom is -0.480 e. The molecule has 1 rings (SSSR count). The fraction of sp³-hybridized carbons (Fsp3) is 0.273. The standard InChI is InChI=1S/C11H12N2O4S/c12-6-7-18(16,17)13-10(11(14)15)8-9-4-2-1-3-5-9/h1-5,10,13H,7-8H2,(H,14,15). The smallest absolute Gasteiger partial charge is 0.322 e. The minimum atomic E-state index is -3.89. The second-order valence-electron chi connectivity index (χ2n) is 3.62. The highest BCUT2D eigenvalue weighted by Crippen LogP contribution is 2.04. The zero-order valence-corrected chi connectivity index (χ0v) is 10.2. The number of hydrogen-bond donors (Lipinski definition) is 2. The topological polar surface area (TPSA) is 107 Å². The third kappa shape index (κ3) is 4.53. The van der Waals surface area contributed by atoms with E-state index in [0.717, 1.165) is 0 Å². The Balaban J connectivity index is 2.80. The second kappa shape index (κ2) is 6.14. The summed E-state index contributed by atoms with van der Waals surface area (Å²) in [5.74, 6) is -2.04. The van der Waals surface area contributed by atoms with E-state index in [1.54, 1.807) is 30.3 Å². The molecule has 0 fully saturated rings. The van der Waals surface area contributed by atoms with Crippen LogP contribution in [0.4, 0.5) is 0 Å². The van der Waals surface area contributed by atoms with E-state index in [-0.39, 0.29) is 6.42 Å². The molecule has 0 saturated carbocycles. The summed E-state index contributed by atoms with van der Waals surface area (Å²) in [6, 6.07) is 8.85. The van der Waals surface area contributed by atoms with Gasteiger partial charge in [-0.15, -0.1) is 0 Å². The van der Waals surface area contributed by atoms with E-state index in [0.29, 0.717) is 5.56 Å². The number of nitriles is 1. The van der Waals surface area contributed by atoms with Crippen LogP contribution in [-0.2, 0) is 21.2 Å². The van der Waals surface area contributed by atoms with Crippen LogP contribution in [0.2, 0.25) is 0 Å². The fourth-order valence-corrected chi connectivity index (χ4v) is 2.24. The van der Waals surface area contributed by atoms with Crippen molar-refractivity contribution in [1.29, 1.82) is 5.26 Å². The summed E-state index contributed by atoms with van der Waals surface area (Å²) >= 11 is 0. The zero-order valence-electron chi connectivity index (χ0n) is 9.41. The Kier molecular flexibility index (Phi) is 4.83. The minimum absolute atomic E-state index is 0.0286. The van der Waals surface area contributed by atoms with Gasteiger partial charge in [0.25, 0.3) is 0 Å². The molecule has 1 aromatic rings. The molecule has 0 bridgehead atoms. The summed E-state index contributed by atoms with van der Waals surface area (Å²) in [6.45, 7) is 0.